The Hall–Kier alpha value is -0.150. The van der Waals surface area contributed by atoms with Crippen LogP contribution in [0.15, 0.2) is 0 Å². The van der Waals surface area contributed by atoms with Crippen molar-refractivity contribution in [2.75, 3.05) is 33.4 Å². The minimum atomic E-state index is -0.212. The summed E-state index contributed by atoms with van der Waals surface area (Å²) in [7, 11) is 1.98. The van der Waals surface area contributed by atoms with Crippen molar-refractivity contribution in [3.05, 3.63) is 0 Å². The van der Waals surface area contributed by atoms with Crippen LogP contribution in [0.4, 0.5) is 4.39 Å². The van der Waals surface area contributed by atoms with Crippen LogP contribution < -0.4 is 5.32 Å². The smallest absolute Gasteiger partial charge is 0.102 e. The third kappa shape index (κ3) is 2.75. The van der Waals surface area contributed by atoms with Crippen LogP contribution >= 0.6 is 0 Å². The molecular formula is C8H17FN2. The Bertz CT molecular complexity index is 106. The highest BCUT2D eigenvalue weighted by atomic mass is 19.1. The summed E-state index contributed by atoms with van der Waals surface area (Å²) < 4.78 is 11.9. The highest BCUT2D eigenvalue weighted by Gasteiger charge is 2.17. The van der Waals surface area contributed by atoms with Gasteiger partial charge in [-0.2, -0.15) is 0 Å². The Kier molecular flexibility index (Phi) is 3.80. The van der Waals surface area contributed by atoms with Gasteiger partial charge in [-0.3, -0.25) is 4.90 Å². The number of likely N-dealkylation sites (tertiary alicyclic amines) is 1. The summed E-state index contributed by atoms with van der Waals surface area (Å²) in [5.74, 6) is 0. The summed E-state index contributed by atoms with van der Waals surface area (Å²) in [5.41, 5.74) is 0. The van der Waals surface area contributed by atoms with Gasteiger partial charge in [0.15, 0.2) is 0 Å². The van der Waals surface area contributed by atoms with Gasteiger partial charge in [-0.15, -0.1) is 0 Å². The normalized spacial score (nSPS) is 27.3. The van der Waals surface area contributed by atoms with Gasteiger partial charge in [-0.25, -0.2) is 4.39 Å². The van der Waals surface area contributed by atoms with E-state index in [1.54, 1.807) is 0 Å². The highest BCUT2D eigenvalue weighted by molar-refractivity contribution is 4.76. The second-order valence-corrected chi connectivity index (χ2v) is 3.12. The van der Waals surface area contributed by atoms with E-state index in [-0.39, 0.29) is 6.67 Å². The predicted molar refractivity (Wildman–Crippen MR) is 44.5 cm³/mol. The van der Waals surface area contributed by atoms with Crippen LogP contribution in [-0.4, -0.2) is 44.3 Å². The fraction of sp³-hybridized carbons (Fsp3) is 1.00. The van der Waals surface area contributed by atoms with Crippen molar-refractivity contribution >= 4 is 0 Å². The van der Waals surface area contributed by atoms with Crippen molar-refractivity contribution in [2.45, 2.75) is 18.9 Å². The first-order valence-electron chi connectivity index (χ1n) is 4.32. The van der Waals surface area contributed by atoms with E-state index in [0.29, 0.717) is 12.6 Å². The number of piperidine rings is 1. The van der Waals surface area contributed by atoms with Gasteiger partial charge in [0.1, 0.15) is 6.67 Å². The lowest BCUT2D eigenvalue weighted by Crippen LogP contribution is -2.44. The maximum atomic E-state index is 11.9. The molecule has 0 radical (unpaired) electrons. The number of alkyl halides is 1. The van der Waals surface area contributed by atoms with Gasteiger partial charge in [0.25, 0.3) is 0 Å². The zero-order valence-corrected chi connectivity index (χ0v) is 7.15. The molecule has 0 spiro atoms. The van der Waals surface area contributed by atoms with Crippen LogP contribution in [-0.2, 0) is 0 Å². The van der Waals surface area contributed by atoms with Gasteiger partial charge in [0.2, 0.25) is 0 Å². The Morgan fingerprint density at radius 2 is 2.45 bits per heavy atom. The number of hydrogen-bond acceptors (Lipinski definition) is 2. The van der Waals surface area contributed by atoms with Crippen LogP contribution in [0, 0.1) is 0 Å². The summed E-state index contributed by atoms with van der Waals surface area (Å²) >= 11 is 0. The predicted octanol–water partition coefficient (Wildman–Crippen LogP) is 0.640. The zero-order valence-electron chi connectivity index (χ0n) is 7.15. The van der Waals surface area contributed by atoms with E-state index in [0.717, 1.165) is 13.1 Å². The third-order valence-corrected chi connectivity index (χ3v) is 2.31. The van der Waals surface area contributed by atoms with E-state index >= 15 is 0 Å². The minimum Gasteiger partial charge on any atom is -0.316 e. The molecule has 0 bridgehead atoms. The number of likely N-dealkylation sites (N-methyl/N-ethyl adjacent to an activating group) is 1. The average molecular weight is 160 g/mol. The SMILES string of the molecule is CNC1CCCN(CCF)C1. The number of halogens is 1. The van der Waals surface area contributed by atoms with Gasteiger partial charge >= 0.3 is 0 Å². The van der Waals surface area contributed by atoms with Gasteiger partial charge < -0.3 is 5.32 Å². The van der Waals surface area contributed by atoms with Gasteiger partial charge in [-0.05, 0) is 26.4 Å². The van der Waals surface area contributed by atoms with Crippen LogP contribution in [0.1, 0.15) is 12.8 Å². The number of nitrogens with one attached hydrogen (secondary N) is 1. The summed E-state index contributed by atoms with van der Waals surface area (Å²) in [6.45, 7) is 2.48. The minimum absolute atomic E-state index is 0.212. The average Bonchev–Trinajstić information content (AvgIpc) is 2.06. The number of rotatable bonds is 3. The Labute approximate surface area is 67.8 Å². The maximum absolute atomic E-state index is 11.9. The lowest BCUT2D eigenvalue weighted by molar-refractivity contribution is 0.182. The Morgan fingerprint density at radius 3 is 3.09 bits per heavy atom. The monoisotopic (exact) mass is 160 g/mol. The molecule has 3 heteroatoms. The quantitative estimate of drug-likeness (QED) is 0.651. The van der Waals surface area contributed by atoms with Crippen molar-refractivity contribution in [1.82, 2.24) is 10.2 Å². The standard InChI is InChI=1S/C8H17FN2/c1-10-8-3-2-5-11(7-8)6-4-9/h8,10H,2-7H2,1H3. The molecule has 0 saturated carbocycles. The van der Waals surface area contributed by atoms with Crippen molar-refractivity contribution in [1.29, 1.82) is 0 Å². The molecule has 0 aliphatic carbocycles. The van der Waals surface area contributed by atoms with Crippen molar-refractivity contribution in [3.63, 3.8) is 0 Å². The maximum Gasteiger partial charge on any atom is 0.102 e. The first-order valence-corrected chi connectivity index (χ1v) is 4.32. The second kappa shape index (κ2) is 4.67. The van der Waals surface area contributed by atoms with Crippen molar-refractivity contribution in [3.8, 4) is 0 Å². The fourth-order valence-electron chi connectivity index (χ4n) is 1.61. The lowest BCUT2D eigenvalue weighted by Gasteiger charge is -2.31. The molecule has 66 valence electrons. The fourth-order valence-corrected chi connectivity index (χ4v) is 1.61. The molecule has 1 rings (SSSR count). The van der Waals surface area contributed by atoms with E-state index in [4.69, 9.17) is 0 Å². The lowest BCUT2D eigenvalue weighted by atomic mass is 10.1. The molecule has 11 heavy (non-hydrogen) atoms. The van der Waals surface area contributed by atoms with E-state index in [1.165, 1.54) is 12.8 Å². The summed E-state index contributed by atoms with van der Waals surface area (Å²) in [6, 6.07) is 0.579. The van der Waals surface area contributed by atoms with Crippen LogP contribution in [0.25, 0.3) is 0 Å². The highest BCUT2D eigenvalue weighted by Crippen LogP contribution is 2.08. The molecule has 0 amide bonds. The molecule has 2 nitrogen and oxygen atoms in total. The molecule has 1 N–H and O–H groups in total. The van der Waals surface area contributed by atoms with E-state index in [1.807, 2.05) is 7.05 Å². The van der Waals surface area contributed by atoms with E-state index < -0.39 is 0 Å². The van der Waals surface area contributed by atoms with E-state index in [2.05, 4.69) is 10.2 Å². The molecule has 1 atom stereocenters. The first-order chi connectivity index (χ1) is 5.36. The Balaban J connectivity index is 2.21. The molecule has 1 unspecified atom stereocenters. The van der Waals surface area contributed by atoms with Gasteiger partial charge in [0, 0.05) is 19.1 Å². The molecule has 0 aromatic heterocycles. The van der Waals surface area contributed by atoms with E-state index in [9.17, 15) is 4.39 Å². The molecule has 0 aromatic carbocycles. The summed E-state index contributed by atoms with van der Waals surface area (Å²) in [5, 5.41) is 3.23. The van der Waals surface area contributed by atoms with Crippen molar-refractivity contribution in [2.24, 2.45) is 0 Å². The molecule has 1 heterocycles. The number of nitrogens with zero attached hydrogens (tertiary/aromatic N) is 1. The molecule has 1 aliphatic heterocycles. The molecule has 1 aliphatic rings. The topological polar surface area (TPSA) is 15.3 Å². The second-order valence-electron chi connectivity index (χ2n) is 3.12. The first kappa shape index (κ1) is 8.94. The number of hydrogen-bond donors (Lipinski definition) is 1. The summed E-state index contributed by atoms with van der Waals surface area (Å²) in [4.78, 5) is 2.19. The van der Waals surface area contributed by atoms with Crippen molar-refractivity contribution < 1.29 is 4.39 Å². The Morgan fingerprint density at radius 1 is 1.64 bits per heavy atom. The summed E-state index contributed by atoms with van der Waals surface area (Å²) in [6.07, 6.45) is 2.44. The van der Waals surface area contributed by atoms with Crippen LogP contribution in [0.3, 0.4) is 0 Å². The van der Waals surface area contributed by atoms with Gasteiger partial charge in [0.05, 0.1) is 0 Å². The van der Waals surface area contributed by atoms with Crippen LogP contribution in [0.5, 0.6) is 0 Å². The molecule has 1 saturated heterocycles. The van der Waals surface area contributed by atoms with Crippen LogP contribution in [0.2, 0.25) is 0 Å². The molecule has 1 fully saturated rings. The molecular weight excluding hydrogens is 143 g/mol. The third-order valence-electron chi connectivity index (χ3n) is 2.31. The zero-order chi connectivity index (χ0) is 8.10. The largest absolute Gasteiger partial charge is 0.316 e. The molecule has 0 aromatic rings. The van der Waals surface area contributed by atoms with Gasteiger partial charge in [-0.1, -0.05) is 0 Å².